The molecular formula is C13H17N. The van der Waals surface area contributed by atoms with Crippen molar-refractivity contribution in [3.8, 4) is 0 Å². The van der Waals surface area contributed by atoms with Crippen molar-refractivity contribution in [3.05, 3.63) is 40.7 Å². The van der Waals surface area contributed by atoms with Crippen LogP contribution >= 0.6 is 0 Å². The molecule has 0 radical (unpaired) electrons. The second-order valence-electron chi connectivity index (χ2n) is 4.05. The Bertz CT molecular complexity index is 405. The third kappa shape index (κ3) is 1.16. The van der Waals surface area contributed by atoms with Crippen molar-refractivity contribution < 1.29 is 0 Å². The van der Waals surface area contributed by atoms with Gasteiger partial charge in [0.15, 0.2) is 0 Å². The molecule has 1 heterocycles. The van der Waals surface area contributed by atoms with Crippen LogP contribution in [0.3, 0.4) is 0 Å². The van der Waals surface area contributed by atoms with E-state index in [4.69, 9.17) is 0 Å². The molecule has 2 rings (SSSR count). The molecule has 0 aromatic carbocycles. The Hall–Kier alpha value is -1.24. The van der Waals surface area contributed by atoms with Gasteiger partial charge in [-0.2, -0.15) is 0 Å². The van der Waals surface area contributed by atoms with E-state index in [2.05, 4.69) is 50.5 Å². The molecule has 14 heavy (non-hydrogen) atoms. The number of aromatic nitrogens is 1. The van der Waals surface area contributed by atoms with E-state index in [1.165, 1.54) is 28.2 Å². The monoisotopic (exact) mass is 187 g/mol. The van der Waals surface area contributed by atoms with E-state index in [0.717, 1.165) is 6.42 Å². The van der Waals surface area contributed by atoms with Gasteiger partial charge in [-0.25, -0.2) is 0 Å². The number of hydrogen-bond donors (Lipinski definition) is 0. The molecule has 0 fully saturated rings. The van der Waals surface area contributed by atoms with Gasteiger partial charge >= 0.3 is 0 Å². The molecule has 1 aliphatic carbocycles. The van der Waals surface area contributed by atoms with Crippen molar-refractivity contribution in [1.82, 2.24) is 4.57 Å². The molecule has 0 bridgehead atoms. The summed E-state index contributed by atoms with van der Waals surface area (Å²) >= 11 is 0. The Morgan fingerprint density at radius 1 is 1.00 bits per heavy atom. The minimum absolute atomic E-state index is 1.06. The summed E-state index contributed by atoms with van der Waals surface area (Å²) in [7, 11) is 0. The molecule has 0 aliphatic heterocycles. The average molecular weight is 187 g/mol. The predicted molar refractivity (Wildman–Crippen MR) is 61.4 cm³/mol. The highest BCUT2D eigenvalue weighted by atomic mass is 15.0. The zero-order valence-corrected chi connectivity index (χ0v) is 9.39. The van der Waals surface area contributed by atoms with Crippen LogP contribution in [-0.2, 0) is 0 Å². The van der Waals surface area contributed by atoms with E-state index < -0.39 is 0 Å². The Kier molecular flexibility index (Phi) is 2.10. The second kappa shape index (κ2) is 3.16. The Labute approximate surface area is 85.7 Å². The summed E-state index contributed by atoms with van der Waals surface area (Å²) < 4.78 is 2.38. The quantitative estimate of drug-likeness (QED) is 0.634. The van der Waals surface area contributed by atoms with Gasteiger partial charge in [-0.1, -0.05) is 12.2 Å². The van der Waals surface area contributed by atoms with E-state index >= 15 is 0 Å². The summed E-state index contributed by atoms with van der Waals surface area (Å²) in [4.78, 5) is 0. The number of rotatable bonds is 1. The van der Waals surface area contributed by atoms with Gasteiger partial charge in [0.2, 0.25) is 0 Å². The summed E-state index contributed by atoms with van der Waals surface area (Å²) in [6.45, 7) is 8.82. The number of hydrogen-bond acceptors (Lipinski definition) is 0. The molecule has 1 aromatic rings. The van der Waals surface area contributed by atoms with Gasteiger partial charge in [0.05, 0.1) is 0 Å². The van der Waals surface area contributed by atoms with Crippen LogP contribution in [-0.4, -0.2) is 4.57 Å². The minimum Gasteiger partial charge on any atom is -0.321 e. The van der Waals surface area contributed by atoms with E-state index in [-0.39, 0.29) is 0 Å². The number of nitrogens with zero attached hydrogens (tertiary/aromatic N) is 1. The molecular weight excluding hydrogens is 170 g/mol. The maximum atomic E-state index is 2.38. The molecule has 0 N–H and O–H groups in total. The summed E-state index contributed by atoms with van der Waals surface area (Å²) in [5.74, 6) is 0. The standard InChI is InChI=1S/C13H17N/c1-9-10(2)12(4)14(11(9)3)13-7-5-6-8-13/h5-7H,8H2,1-4H3. The Balaban J connectivity index is 2.58. The predicted octanol–water partition coefficient (Wildman–Crippen LogP) is 3.52. The zero-order chi connectivity index (χ0) is 10.3. The van der Waals surface area contributed by atoms with E-state index in [9.17, 15) is 0 Å². The van der Waals surface area contributed by atoms with Gasteiger partial charge in [0.1, 0.15) is 0 Å². The zero-order valence-electron chi connectivity index (χ0n) is 9.39. The van der Waals surface area contributed by atoms with Crippen molar-refractivity contribution in [3.63, 3.8) is 0 Å². The number of allylic oxidation sites excluding steroid dienone is 4. The van der Waals surface area contributed by atoms with Gasteiger partial charge in [0, 0.05) is 23.5 Å². The molecule has 0 unspecified atom stereocenters. The highest BCUT2D eigenvalue weighted by Gasteiger charge is 2.13. The van der Waals surface area contributed by atoms with E-state index in [1.54, 1.807) is 0 Å². The van der Waals surface area contributed by atoms with Gasteiger partial charge in [-0.15, -0.1) is 0 Å². The fourth-order valence-electron chi connectivity index (χ4n) is 2.16. The van der Waals surface area contributed by atoms with Crippen molar-refractivity contribution in [2.24, 2.45) is 0 Å². The van der Waals surface area contributed by atoms with Crippen molar-refractivity contribution in [2.75, 3.05) is 0 Å². The summed E-state index contributed by atoms with van der Waals surface area (Å²) in [6, 6.07) is 0. The first-order valence-electron chi connectivity index (χ1n) is 5.14. The van der Waals surface area contributed by atoms with Gasteiger partial charge in [-0.05, 0) is 44.9 Å². The topological polar surface area (TPSA) is 4.93 Å². The Morgan fingerprint density at radius 3 is 2.00 bits per heavy atom. The molecule has 1 nitrogen and oxygen atoms in total. The lowest BCUT2D eigenvalue weighted by molar-refractivity contribution is 0.956. The summed E-state index contributed by atoms with van der Waals surface area (Å²) in [6.07, 6.45) is 7.62. The highest BCUT2D eigenvalue weighted by Crippen LogP contribution is 2.27. The molecule has 0 amide bonds. The third-order valence-electron chi connectivity index (χ3n) is 3.36. The first-order chi connectivity index (χ1) is 6.63. The largest absolute Gasteiger partial charge is 0.321 e. The van der Waals surface area contributed by atoms with E-state index in [0.29, 0.717) is 0 Å². The van der Waals surface area contributed by atoms with Crippen molar-refractivity contribution >= 4 is 5.70 Å². The van der Waals surface area contributed by atoms with Crippen LogP contribution in [0, 0.1) is 27.7 Å². The molecule has 0 spiro atoms. The van der Waals surface area contributed by atoms with Gasteiger partial charge in [0.25, 0.3) is 0 Å². The molecule has 0 saturated heterocycles. The highest BCUT2D eigenvalue weighted by molar-refractivity contribution is 5.59. The first kappa shape index (κ1) is 9.32. The molecule has 74 valence electrons. The van der Waals surface area contributed by atoms with Crippen LogP contribution < -0.4 is 0 Å². The lowest BCUT2D eigenvalue weighted by Gasteiger charge is -2.10. The lowest BCUT2D eigenvalue weighted by atomic mass is 10.2. The van der Waals surface area contributed by atoms with Crippen LogP contribution in [0.4, 0.5) is 0 Å². The molecule has 1 aromatic heterocycles. The third-order valence-corrected chi connectivity index (χ3v) is 3.36. The van der Waals surface area contributed by atoms with Crippen LogP contribution in [0.5, 0.6) is 0 Å². The van der Waals surface area contributed by atoms with Gasteiger partial charge in [-0.3, -0.25) is 0 Å². The lowest BCUT2D eigenvalue weighted by Crippen LogP contribution is -1.99. The van der Waals surface area contributed by atoms with Gasteiger partial charge < -0.3 is 4.57 Å². The fourth-order valence-corrected chi connectivity index (χ4v) is 2.16. The second-order valence-corrected chi connectivity index (χ2v) is 4.05. The van der Waals surface area contributed by atoms with E-state index in [1.807, 2.05) is 0 Å². The van der Waals surface area contributed by atoms with Crippen LogP contribution in [0.1, 0.15) is 28.9 Å². The smallest absolute Gasteiger partial charge is 0.0263 e. The molecule has 1 heteroatoms. The van der Waals surface area contributed by atoms with Crippen LogP contribution in [0.15, 0.2) is 18.2 Å². The summed E-state index contributed by atoms with van der Waals surface area (Å²) in [5.41, 5.74) is 7.02. The average Bonchev–Trinajstić information content (AvgIpc) is 2.73. The Morgan fingerprint density at radius 2 is 1.57 bits per heavy atom. The summed E-state index contributed by atoms with van der Waals surface area (Å²) in [5, 5.41) is 0. The van der Waals surface area contributed by atoms with Crippen LogP contribution in [0.2, 0.25) is 0 Å². The van der Waals surface area contributed by atoms with Crippen molar-refractivity contribution in [2.45, 2.75) is 34.1 Å². The maximum absolute atomic E-state index is 2.38. The molecule has 0 saturated carbocycles. The SMILES string of the molecule is Cc1c(C)c(C)n(C2=CC=CC2)c1C. The normalized spacial score (nSPS) is 15.0. The van der Waals surface area contributed by atoms with Crippen LogP contribution in [0.25, 0.3) is 5.70 Å². The minimum atomic E-state index is 1.06. The fraction of sp³-hybridized carbons (Fsp3) is 0.385. The first-order valence-corrected chi connectivity index (χ1v) is 5.14. The molecule has 1 aliphatic rings. The maximum Gasteiger partial charge on any atom is 0.0263 e. The molecule has 0 atom stereocenters. The van der Waals surface area contributed by atoms with Crippen molar-refractivity contribution in [1.29, 1.82) is 0 Å².